The molecule has 0 aliphatic carbocycles. The highest BCUT2D eigenvalue weighted by molar-refractivity contribution is 5.98. The molecule has 1 aliphatic heterocycles. The van der Waals surface area contributed by atoms with E-state index in [9.17, 15) is 4.79 Å². The third-order valence-corrected chi connectivity index (χ3v) is 3.44. The highest BCUT2D eigenvalue weighted by atomic mass is 16.5. The lowest BCUT2D eigenvalue weighted by Gasteiger charge is -2.23. The summed E-state index contributed by atoms with van der Waals surface area (Å²) in [5.41, 5.74) is 6.66. The van der Waals surface area contributed by atoms with Gasteiger partial charge in [0.2, 0.25) is 0 Å². The van der Waals surface area contributed by atoms with E-state index < -0.39 is 5.91 Å². The van der Waals surface area contributed by atoms with Crippen LogP contribution in [-0.4, -0.2) is 43.2 Å². The number of ether oxygens (including phenoxy) is 1. The van der Waals surface area contributed by atoms with Gasteiger partial charge in [-0.3, -0.25) is 4.79 Å². The number of nitrogens with one attached hydrogen (secondary N) is 2. The lowest BCUT2D eigenvalue weighted by atomic mass is 10.1. The van der Waals surface area contributed by atoms with Crippen molar-refractivity contribution >= 4 is 11.7 Å². The third-order valence-electron chi connectivity index (χ3n) is 3.44. The molecule has 1 aromatic heterocycles. The van der Waals surface area contributed by atoms with Crippen LogP contribution < -0.4 is 16.4 Å². The second-order valence-electron chi connectivity index (χ2n) is 4.96. The van der Waals surface area contributed by atoms with Crippen LogP contribution in [-0.2, 0) is 4.74 Å². The maximum atomic E-state index is 11.4. The Labute approximate surface area is 119 Å². The van der Waals surface area contributed by atoms with Gasteiger partial charge < -0.3 is 21.1 Å². The predicted octanol–water partition coefficient (Wildman–Crippen LogP) is 0.669. The molecule has 4 N–H and O–H groups in total. The Morgan fingerprint density at radius 1 is 1.55 bits per heavy atom. The van der Waals surface area contributed by atoms with E-state index in [4.69, 9.17) is 10.5 Å². The summed E-state index contributed by atoms with van der Waals surface area (Å²) >= 11 is 0. The van der Waals surface area contributed by atoms with Gasteiger partial charge >= 0.3 is 0 Å². The van der Waals surface area contributed by atoms with Crippen molar-refractivity contribution in [1.29, 1.82) is 0 Å². The number of carbonyl (C=O) groups is 1. The number of amides is 1. The van der Waals surface area contributed by atoms with Gasteiger partial charge in [-0.25, -0.2) is 4.98 Å². The van der Waals surface area contributed by atoms with Crippen LogP contribution in [0.15, 0.2) is 12.3 Å². The lowest BCUT2D eigenvalue weighted by Crippen LogP contribution is -2.33. The normalized spacial score (nSPS) is 16.1. The van der Waals surface area contributed by atoms with E-state index in [1.165, 1.54) is 0 Å². The van der Waals surface area contributed by atoms with Crippen molar-refractivity contribution < 1.29 is 9.53 Å². The van der Waals surface area contributed by atoms with Gasteiger partial charge in [0, 0.05) is 12.7 Å². The van der Waals surface area contributed by atoms with Crippen LogP contribution in [0.4, 0.5) is 5.82 Å². The van der Waals surface area contributed by atoms with Crippen molar-refractivity contribution in [2.45, 2.75) is 25.9 Å². The van der Waals surface area contributed by atoms with Crippen molar-refractivity contribution in [3.63, 3.8) is 0 Å². The van der Waals surface area contributed by atoms with Gasteiger partial charge in [-0.2, -0.15) is 0 Å². The van der Waals surface area contributed by atoms with Gasteiger partial charge in [-0.05, 0) is 44.5 Å². The van der Waals surface area contributed by atoms with Crippen LogP contribution >= 0.6 is 0 Å². The second kappa shape index (κ2) is 7.21. The summed E-state index contributed by atoms with van der Waals surface area (Å²) in [5, 5.41) is 6.42. The average Bonchev–Trinajstić information content (AvgIpc) is 2.44. The summed E-state index contributed by atoms with van der Waals surface area (Å²) in [6.07, 6.45) is 4.10. The number of anilines is 1. The van der Waals surface area contributed by atoms with E-state index in [1.54, 1.807) is 12.3 Å². The summed E-state index contributed by atoms with van der Waals surface area (Å²) < 4.78 is 5.79. The van der Waals surface area contributed by atoms with Gasteiger partial charge in [0.25, 0.3) is 5.91 Å². The van der Waals surface area contributed by atoms with Gasteiger partial charge in [-0.1, -0.05) is 0 Å². The maximum absolute atomic E-state index is 11.4. The second-order valence-corrected chi connectivity index (χ2v) is 4.96. The molecule has 6 nitrogen and oxygen atoms in total. The fourth-order valence-electron chi connectivity index (χ4n) is 2.36. The molecular weight excluding hydrogens is 256 g/mol. The number of rotatable bonds is 6. The van der Waals surface area contributed by atoms with Crippen LogP contribution in [0.1, 0.15) is 28.8 Å². The molecule has 2 heterocycles. The largest absolute Gasteiger partial charge is 0.376 e. The molecular formula is C14H22N4O2. The van der Waals surface area contributed by atoms with E-state index >= 15 is 0 Å². The summed E-state index contributed by atoms with van der Waals surface area (Å²) in [5.74, 6) is 0.0729. The Morgan fingerprint density at radius 3 is 3.00 bits per heavy atom. The Bertz CT molecular complexity index is 458. The number of aromatic nitrogens is 1. The highest BCUT2D eigenvalue weighted by Crippen LogP contribution is 2.15. The summed E-state index contributed by atoms with van der Waals surface area (Å²) in [4.78, 5) is 15.6. The highest BCUT2D eigenvalue weighted by Gasteiger charge is 2.14. The van der Waals surface area contributed by atoms with Crippen LogP contribution in [0.2, 0.25) is 0 Å². The molecule has 0 radical (unpaired) electrons. The molecule has 2 rings (SSSR count). The smallest absolute Gasteiger partial charge is 0.252 e. The first-order valence-electron chi connectivity index (χ1n) is 7.00. The number of nitrogens with zero attached hydrogens (tertiary/aromatic N) is 1. The molecule has 6 heteroatoms. The number of piperidine rings is 1. The fourth-order valence-corrected chi connectivity index (χ4v) is 2.36. The number of aryl methyl sites for hydroxylation is 1. The minimum absolute atomic E-state index is 0.333. The quantitative estimate of drug-likeness (QED) is 0.666. The fraction of sp³-hybridized carbons (Fsp3) is 0.571. The zero-order valence-corrected chi connectivity index (χ0v) is 11.8. The lowest BCUT2D eigenvalue weighted by molar-refractivity contribution is 0.0394. The van der Waals surface area contributed by atoms with Gasteiger partial charge in [-0.15, -0.1) is 0 Å². The molecule has 0 bridgehead atoms. The summed E-state index contributed by atoms with van der Waals surface area (Å²) in [6.45, 7) is 5.09. The first kappa shape index (κ1) is 14.7. The SMILES string of the molecule is Cc1ccnc(NCCOC2CCNCC2)c1C(N)=O. The molecule has 20 heavy (non-hydrogen) atoms. The van der Waals surface area contributed by atoms with Crippen molar-refractivity contribution in [2.24, 2.45) is 5.73 Å². The van der Waals surface area contributed by atoms with Gasteiger partial charge in [0.15, 0.2) is 0 Å². The standard InChI is InChI=1S/C14H22N4O2/c1-10-2-7-17-14(12(10)13(15)19)18-8-9-20-11-3-5-16-6-4-11/h2,7,11,16H,3-6,8-9H2,1H3,(H2,15,19)(H,17,18). The number of hydrogen-bond donors (Lipinski definition) is 3. The molecule has 110 valence electrons. The maximum Gasteiger partial charge on any atom is 0.252 e. The molecule has 1 aliphatic rings. The Balaban J connectivity index is 1.82. The summed E-state index contributed by atoms with van der Waals surface area (Å²) in [7, 11) is 0. The molecule has 0 aromatic carbocycles. The minimum Gasteiger partial charge on any atom is -0.376 e. The van der Waals surface area contributed by atoms with E-state index in [2.05, 4.69) is 15.6 Å². The van der Waals surface area contributed by atoms with Crippen molar-refractivity contribution in [2.75, 3.05) is 31.6 Å². The molecule has 0 saturated carbocycles. The average molecular weight is 278 g/mol. The first-order chi connectivity index (χ1) is 9.68. The Hall–Kier alpha value is -1.66. The summed E-state index contributed by atoms with van der Waals surface area (Å²) in [6, 6.07) is 1.77. The van der Waals surface area contributed by atoms with Crippen molar-refractivity contribution in [1.82, 2.24) is 10.3 Å². The monoisotopic (exact) mass is 278 g/mol. The van der Waals surface area contributed by atoms with E-state index in [-0.39, 0.29) is 0 Å². The predicted molar refractivity (Wildman–Crippen MR) is 77.8 cm³/mol. The molecule has 1 amide bonds. The van der Waals surface area contributed by atoms with E-state index in [0.717, 1.165) is 31.5 Å². The van der Waals surface area contributed by atoms with Crippen LogP contribution in [0, 0.1) is 6.92 Å². The molecule has 0 unspecified atom stereocenters. The number of nitrogens with two attached hydrogens (primary N) is 1. The van der Waals surface area contributed by atoms with Crippen LogP contribution in [0.25, 0.3) is 0 Å². The zero-order valence-electron chi connectivity index (χ0n) is 11.8. The molecule has 1 fully saturated rings. The molecule has 1 saturated heterocycles. The Kier molecular flexibility index (Phi) is 5.31. The number of pyridine rings is 1. The van der Waals surface area contributed by atoms with Crippen molar-refractivity contribution in [3.8, 4) is 0 Å². The number of primary amides is 1. The van der Waals surface area contributed by atoms with Crippen LogP contribution in [0.3, 0.4) is 0 Å². The van der Waals surface area contributed by atoms with Gasteiger partial charge in [0.05, 0.1) is 18.3 Å². The molecule has 0 atom stereocenters. The molecule has 0 spiro atoms. The zero-order chi connectivity index (χ0) is 14.4. The van der Waals surface area contributed by atoms with Crippen molar-refractivity contribution in [3.05, 3.63) is 23.4 Å². The molecule has 1 aromatic rings. The number of hydrogen-bond acceptors (Lipinski definition) is 5. The van der Waals surface area contributed by atoms with E-state index in [0.29, 0.717) is 30.6 Å². The Morgan fingerprint density at radius 2 is 2.30 bits per heavy atom. The van der Waals surface area contributed by atoms with E-state index in [1.807, 2.05) is 6.92 Å². The minimum atomic E-state index is -0.461. The topological polar surface area (TPSA) is 89.3 Å². The van der Waals surface area contributed by atoms with Crippen LogP contribution in [0.5, 0.6) is 0 Å². The van der Waals surface area contributed by atoms with Gasteiger partial charge in [0.1, 0.15) is 5.82 Å². The third kappa shape index (κ3) is 3.91. The first-order valence-corrected chi connectivity index (χ1v) is 7.00. The number of carbonyl (C=O) groups excluding carboxylic acids is 1.